The average molecular weight is 348 g/mol. The van der Waals surface area contributed by atoms with Gasteiger partial charge in [-0.2, -0.15) is 5.10 Å². The Morgan fingerprint density at radius 2 is 2.00 bits per heavy atom. The third kappa shape index (κ3) is 4.06. The Bertz CT molecular complexity index is 532. The first-order valence-corrected chi connectivity index (χ1v) is 9.84. The Kier molecular flexibility index (Phi) is 6.12. The molecule has 0 bridgehead atoms. The number of aromatic nitrogens is 2. The van der Waals surface area contributed by atoms with Crippen LogP contribution in [0.25, 0.3) is 0 Å². The Hall–Kier alpha value is -1.40. The summed E-state index contributed by atoms with van der Waals surface area (Å²) in [6, 6.07) is 1.89. The standard InChI is InChI=1S/C19H32N4O2/c1-2-15-25-18(7-4-3-5-8-18)16-21-17(24)19(9-12-20-13-10-19)23-14-6-11-22-23/h6,11,14,20H,2-5,7-10,12-13,15-16H2,1H3,(H,21,24). The van der Waals surface area contributed by atoms with Gasteiger partial charge in [0.2, 0.25) is 5.91 Å². The molecule has 0 aromatic carbocycles. The smallest absolute Gasteiger partial charge is 0.248 e. The molecule has 1 amide bonds. The van der Waals surface area contributed by atoms with E-state index in [1.807, 2.05) is 16.9 Å². The molecule has 0 spiro atoms. The normalized spacial score (nSPS) is 22.4. The van der Waals surface area contributed by atoms with Crippen LogP contribution in [-0.2, 0) is 15.1 Å². The van der Waals surface area contributed by atoms with E-state index < -0.39 is 5.54 Å². The van der Waals surface area contributed by atoms with Crippen LogP contribution in [0.4, 0.5) is 0 Å². The van der Waals surface area contributed by atoms with Gasteiger partial charge in [-0.1, -0.05) is 26.2 Å². The zero-order valence-electron chi connectivity index (χ0n) is 15.4. The quantitative estimate of drug-likeness (QED) is 0.793. The van der Waals surface area contributed by atoms with Crippen molar-refractivity contribution in [1.29, 1.82) is 0 Å². The van der Waals surface area contributed by atoms with Crippen LogP contribution >= 0.6 is 0 Å². The van der Waals surface area contributed by atoms with E-state index >= 15 is 0 Å². The zero-order chi connectivity index (χ0) is 17.6. The number of nitrogens with zero attached hydrogens (tertiary/aromatic N) is 2. The van der Waals surface area contributed by atoms with Crippen molar-refractivity contribution < 1.29 is 9.53 Å². The largest absolute Gasteiger partial charge is 0.373 e. The summed E-state index contributed by atoms with van der Waals surface area (Å²) in [7, 11) is 0. The highest BCUT2D eigenvalue weighted by molar-refractivity contribution is 5.84. The third-order valence-electron chi connectivity index (χ3n) is 5.74. The van der Waals surface area contributed by atoms with Gasteiger partial charge >= 0.3 is 0 Å². The van der Waals surface area contributed by atoms with Gasteiger partial charge in [-0.15, -0.1) is 0 Å². The lowest BCUT2D eigenvalue weighted by Crippen LogP contribution is -2.57. The fourth-order valence-electron chi connectivity index (χ4n) is 4.22. The van der Waals surface area contributed by atoms with Crippen molar-refractivity contribution in [1.82, 2.24) is 20.4 Å². The number of nitrogens with one attached hydrogen (secondary N) is 2. The molecular formula is C19H32N4O2. The van der Waals surface area contributed by atoms with Crippen molar-refractivity contribution in [3.63, 3.8) is 0 Å². The summed E-state index contributed by atoms with van der Waals surface area (Å²) in [6.45, 7) is 5.19. The van der Waals surface area contributed by atoms with E-state index in [4.69, 9.17) is 4.74 Å². The van der Waals surface area contributed by atoms with E-state index in [0.717, 1.165) is 51.8 Å². The van der Waals surface area contributed by atoms with Crippen molar-refractivity contribution in [3.8, 4) is 0 Å². The molecule has 6 nitrogen and oxygen atoms in total. The summed E-state index contributed by atoms with van der Waals surface area (Å²) < 4.78 is 8.08. The Morgan fingerprint density at radius 1 is 1.24 bits per heavy atom. The van der Waals surface area contributed by atoms with E-state index in [0.29, 0.717) is 6.54 Å². The second kappa shape index (κ2) is 8.32. The predicted octanol–water partition coefficient (Wildman–Crippen LogP) is 2.21. The van der Waals surface area contributed by atoms with Crippen LogP contribution < -0.4 is 10.6 Å². The molecule has 1 saturated carbocycles. The number of rotatable bonds is 7. The average Bonchev–Trinajstić information content (AvgIpc) is 3.21. The van der Waals surface area contributed by atoms with Crippen LogP contribution in [0.3, 0.4) is 0 Å². The minimum Gasteiger partial charge on any atom is -0.373 e. The third-order valence-corrected chi connectivity index (χ3v) is 5.74. The number of ether oxygens (including phenoxy) is 1. The van der Waals surface area contributed by atoms with Gasteiger partial charge in [0, 0.05) is 25.5 Å². The lowest BCUT2D eigenvalue weighted by atomic mass is 9.83. The molecule has 2 N–H and O–H groups in total. The van der Waals surface area contributed by atoms with Crippen molar-refractivity contribution in [2.45, 2.75) is 69.4 Å². The van der Waals surface area contributed by atoms with Crippen LogP contribution in [0.1, 0.15) is 58.3 Å². The molecule has 1 aliphatic heterocycles. The van der Waals surface area contributed by atoms with Gasteiger partial charge in [0.05, 0.1) is 5.60 Å². The minimum atomic E-state index is -0.574. The molecule has 2 fully saturated rings. The summed E-state index contributed by atoms with van der Waals surface area (Å²) in [5.41, 5.74) is -0.752. The lowest BCUT2D eigenvalue weighted by molar-refractivity contribution is -0.135. The fraction of sp³-hybridized carbons (Fsp3) is 0.789. The Labute approximate surface area is 150 Å². The maximum atomic E-state index is 13.2. The zero-order valence-corrected chi connectivity index (χ0v) is 15.4. The number of hydrogen-bond donors (Lipinski definition) is 2. The molecule has 1 aliphatic carbocycles. The Balaban J connectivity index is 1.70. The molecule has 3 rings (SSSR count). The first-order chi connectivity index (χ1) is 12.2. The highest BCUT2D eigenvalue weighted by atomic mass is 16.5. The van der Waals surface area contributed by atoms with Crippen molar-refractivity contribution in [2.75, 3.05) is 26.2 Å². The second-order valence-electron chi connectivity index (χ2n) is 7.51. The highest BCUT2D eigenvalue weighted by Gasteiger charge is 2.43. The highest BCUT2D eigenvalue weighted by Crippen LogP contribution is 2.32. The van der Waals surface area contributed by atoms with Gasteiger partial charge in [0.25, 0.3) is 0 Å². The summed E-state index contributed by atoms with van der Waals surface area (Å²) in [6.07, 6.45) is 12.0. The van der Waals surface area contributed by atoms with E-state index in [-0.39, 0.29) is 11.5 Å². The first kappa shape index (κ1) is 18.4. The van der Waals surface area contributed by atoms with Gasteiger partial charge in [0.1, 0.15) is 5.54 Å². The van der Waals surface area contributed by atoms with Gasteiger partial charge in [-0.3, -0.25) is 9.48 Å². The molecule has 0 unspecified atom stereocenters. The molecular weight excluding hydrogens is 316 g/mol. The lowest BCUT2D eigenvalue weighted by Gasteiger charge is -2.40. The SMILES string of the molecule is CCCOC1(CNC(=O)C2(n3cccn3)CCNCC2)CCCCC1. The molecule has 0 radical (unpaired) electrons. The monoisotopic (exact) mass is 348 g/mol. The van der Waals surface area contributed by atoms with Gasteiger partial charge in [-0.05, 0) is 51.3 Å². The van der Waals surface area contributed by atoms with E-state index in [1.165, 1.54) is 19.3 Å². The summed E-state index contributed by atoms with van der Waals surface area (Å²) in [4.78, 5) is 13.2. The number of hydrogen-bond acceptors (Lipinski definition) is 4. The van der Waals surface area contributed by atoms with Gasteiger partial charge in [-0.25, -0.2) is 0 Å². The van der Waals surface area contributed by atoms with Crippen LogP contribution in [0, 0.1) is 0 Å². The number of piperidine rings is 1. The predicted molar refractivity (Wildman–Crippen MR) is 97.4 cm³/mol. The van der Waals surface area contributed by atoms with Crippen molar-refractivity contribution in [2.24, 2.45) is 0 Å². The molecule has 2 aliphatic rings. The molecule has 6 heteroatoms. The topological polar surface area (TPSA) is 68.2 Å². The maximum absolute atomic E-state index is 13.2. The van der Waals surface area contributed by atoms with Crippen LogP contribution in [-0.4, -0.2) is 47.5 Å². The minimum absolute atomic E-state index is 0.0859. The van der Waals surface area contributed by atoms with Gasteiger partial charge < -0.3 is 15.4 Å². The maximum Gasteiger partial charge on any atom is 0.248 e. The molecule has 1 aromatic rings. The van der Waals surface area contributed by atoms with Crippen LogP contribution in [0.5, 0.6) is 0 Å². The van der Waals surface area contributed by atoms with Crippen molar-refractivity contribution in [3.05, 3.63) is 18.5 Å². The number of carbonyl (C=O) groups is 1. The second-order valence-corrected chi connectivity index (χ2v) is 7.51. The molecule has 2 heterocycles. The van der Waals surface area contributed by atoms with E-state index in [2.05, 4.69) is 22.7 Å². The fourth-order valence-corrected chi connectivity index (χ4v) is 4.22. The molecule has 1 saturated heterocycles. The van der Waals surface area contributed by atoms with Crippen LogP contribution in [0.2, 0.25) is 0 Å². The Morgan fingerprint density at radius 3 is 2.64 bits per heavy atom. The molecule has 0 atom stereocenters. The number of amides is 1. The van der Waals surface area contributed by atoms with Gasteiger partial charge in [0.15, 0.2) is 0 Å². The summed E-state index contributed by atoms with van der Waals surface area (Å²) >= 11 is 0. The molecule has 25 heavy (non-hydrogen) atoms. The van der Waals surface area contributed by atoms with E-state index in [1.54, 1.807) is 6.20 Å². The van der Waals surface area contributed by atoms with E-state index in [9.17, 15) is 4.79 Å². The first-order valence-electron chi connectivity index (χ1n) is 9.84. The molecule has 1 aromatic heterocycles. The number of carbonyl (C=O) groups excluding carboxylic acids is 1. The summed E-state index contributed by atoms with van der Waals surface area (Å²) in [5.74, 6) is 0.0859. The van der Waals surface area contributed by atoms with Crippen LogP contribution in [0.15, 0.2) is 18.5 Å². The molecule has 140 valence electrons. The summed E-state index contributed by atoms with van der Waals surface area (Å²) in [5, 5.41) is 11.0. The van der Waals surface area contributed by atoms with Crippen molar-refractivity contribution >= 4 is 5.91 Å².